The third-order valence-corrected chi connectivity index (χ3v) is 9.65. The van der Waals surface area contributed by atoms with Gasteiger partial charge in [0.15, 0.2) is 0 Å². The summed E-state index contributed by atoms with van der Waals surface area (Å²) >= 11 is 1.56. The summed E-state index contributed by atoms with van der Waals surface area (Å²) in [6, 6.07) is 5.20. The highest BCUT2D eigenvalue weighted by atomic mass is 32.1. The number of nitrogens with zero attached hydrogens (tertiary/aromatic N) is 3. The van der Waals surface area contributed by atoms with Gasteiger partial charge in [0.1, 0.15) is 6.04 Å². The predicted octanol–water partition coefficient (Wildman–Crippen LogP) is 3.08. The number of hydrogen-bond donors (Lipinski definition) is 3. The monoisotopic (exact) mass is 626 g/mol. The van der Waals surface area contributed by atoms with Gasteiger partial charge >= 0.3 is 0 Å². The van der Waals surface area contributed by atoms with Crippen molar-refractivity contribution < 1.29 is 19.1 Å². The van der Waals surface area contributed by atoms with Crippen molar-refractivity contribution in [1.29, 1.82) is 0 Å². The fourth-order valence-corrected chi connectivity index (χ4v) is 6.79. The summed E-state index contributed by atoms with van der Waals surface area (Å²) in [5.41, 5.74) is 2.66. The third-order valence-electron chi connectivity index (χ3n) is 8.61. The molecule has 2 fully saturated rings. The maximum Gasteiger partial charge on any atom is 0.247 e. The largest absolute Gasteiger partial charge is 0.381 e. The Hall–Kier alpha value is -2.86. The maximum atomic E-state index is 13.8. The van der Waals surface area contributed by atoms with E-state index >= 15 is 0 Å². The number of hydrogen-bond acceptors (Lipinski definition) is 8. The number of aromatic nitrogens is 1. The molecule has 2 aliphatic rings. The van der Waals surface area contributed by atoms with Crippen LogP contribution in [0.3, 0.4) is 0 Å². The van der Waals surface area contributed by atoms with Crippen LogP contribution in [0.15, 0.2) is 30.4 Å². The Morgan fingerprint density at radius 1 is 1.11 bits per heavy atom. The molecule has 10 nitrogen and oxygen atoms in total. The van der Waals surface area contributed by atoms with Gasteiger partial charge in [-0.15, -0.1) is 11.3 Å². The first kappa shape index (κ1) is 34.0. The van der Waals surface area contributed by atoms with E-state index in [1.165, 1.54) is 5.56 Å². The van der Waals surface area contributed by atoms with Gasteiger partial charge in [-0.25, -0.2) is 4.98 Å². The molecule has 242 valence electrons. The van der Waals surface area contributed by atoms with E-state index < -0.39 is 6.04 Å². The zero-order valence-electron chi connectivity index (χ0n) is 26.8. The van der Waals surface area contributed by atoms with E-state index in [1.807, 2.05) is 13.0 Å². The molecule has 4 rings (SSSR count). The summed E-state index contributed by atoms with van der Waals surface area (Å²) in [7, 11) is 2.10. The summed E-state index contributed by atoms with van der Waals surface area (Å²) in [6.07, 6.45) is 2.90. The molecule has 0 spiro atoms. The number of carbonyl (C=O) groups is 3. The number of carbonyl (C=O) groups excluding carboxylic acids is 3. The van der Waals surface area contributed by atoms with Crippen molar-refractivity contribution in [3.8, 4) is 0 Å². The summed E-state index contributed by atoms with van der Waals surface area (Å²) < 4.78 is 6.66. The molecule has 0 aliphatic carbocycles. The summed E-state index contributed by atoms with van der Waals surface area (Å²) in [4.78, 5) is 48.9. The second kappa shape index (κ2) is 16.5. The van der Waals surface area contributed by atoms with E-state index in [0.717, 1.165) is 54.2 Å². The SMILES string of the molecule is C=C(CN1CCN(C)CC1)C(=O)NC[C@@H](NC(=O)[C@H](Cc1nc2ccc(C(C)C)cc2s1)NC(=O)CCC)C1CCOCC1. The van der Waals surface area contributed by atoms with Crippen LogP contribution in [-0.4, -0.2) is 104 Å². The van der Waals surface area contributed by atoms with Gasteiger partial charge in [-0.05, 0) is 55.8 Å². The van der Waals surface area contributed by atoms with Gasteiger partial charge in [-0.1, -0.05) is 33.4 Å². The minimum absolute atomic E-state index is 0.141. The molecule has 0 saturated carbocycles. The van der Waals surface area contributed by atoms with Crippen LogP contribution in [-0.2, 0) is 25.5 Å². The van der Waals surface area contributed by atoms with Crippen LogP contribution in [0.1, 0.15) is 62.9 Å². The number of piperazine rings is 1. The zero-order valence-corrected chi connectivity index (χ0v) is 27.6. The van der Waals surface area contributed by atoms with Crippen LogP contribution >= 0.6 is 11.3 Å². The molecule has 3 amide bonds. The number of amides is 3. The van der Waals surface area contributed by atoms with Crippen molar-refractivity contribution in [2.75, 3.05) is 59.5 Å². The molecule has 11 heteroatoms. The molecular weight excluding hydrogens is 576 g/mol. The fourth-order valence-electron chi connectivity index (χ4n) is 5.73. The molecule has 0 bridgehead atoms. The standard InChI is InChI=1S/C33H50N6O4S/c1-6-7-30(40)35-27(19-31-36-26-9-8-25(22(2)3)18-29(26)44-31)33(42)37-28(24-10-16-43-17-11-24)20-34-32(41)23(4)21-39-14-12-38(5)13-15-39/h8-9,18,22,24,27-28H,4,6-7,10-17,19-21H2,1-3,5H3,(H,34,41)(H,35,40)(H,37,42)/t27-,28+/m0/s1. The first-order valence-corrected chi connectivity index (χ1v) is 16.9. The minimum Gasteiger partial charge on any atom is -0.381 e. The van der Waals surface area contributed by atoms with Gasteiger partial charge in [-0.2, -0.15) is 0 Å². The molecule has 2 aliphatic heterocycles. The van der Waals surface area contributed by atoms with E-state index in [0.29, 0.717) is 50.5 Å². The van der Waals surface area contributed by atoms with E-state index in [-0.39, 0.29) is 36.2 Å². The predicted molar refractivity (Wildman–Crippen MR) is 176 cm³/mol. The molecule has 1 aromatic carbocycles. The maximum absolute atomic E-state index is 13.8. The lowest BCUT2D eigenvalue weighted by atomic mass is 9.91. The summed E-state index contributed by atoms with van der Waals surface area (Å²) in [6.45, 7) is 16.1. The normalized spacial score (nSPS) is 18.2. The number of benzene rings is 1. The molecule has 0 unspecified atom stereocenters. The highest BCUT2D eigenvalue weighted by Gasteiger charge is 2.30. The van der Waals surface area contributed by atoms with Crippen LogP contribution in [0.4, 0.5) is 0 Å². The van der Waals surface area contributed by atoms with E-state index in [1.54, 1.807) is 11.3 Å². The first-order valence-electron chi connectivity index (χ1n) is 16.1. The van der Waals surface area contributed by atoms with Crippen LogP contribution < -0.4 is 16.0 Å². The smallest absolute Gasteiger partial charge is 0.247 e. The van der Waals surface area contributed by atoms with Crippen LogP contribution in [0.5, 0.6) is 0 Å². The van der Waals surface area contributed by atoms with Gasteiger partial charge in [0.05, 0.1) is 15.2 Å². The van der Waals surface area contributed by atoms with E-state index in [9.17, 15) is 14.4 Å². The second-order valence-electron chi connectivity index (χ2n) is 12.5. The summed E-state index contributed by atoms with van der Waals surface area (Å²) in [5, 5.41) is 10.00. The number of fused-ring (bicyclic) bond motifs is 1. The van der Waals surface area contributed by atoms with Crippen molar-refractivity contribution in [3.05, 3.63) is 40.9 Å². The van der Waals surface area contributed by atoms with Crippen molar-refractivity contribution in [1.82, 2.24) is 30.7 Å². The fraction of sp³-hybridized carbons (Fsp3) is 0.636. The van der Waals surface area contributed by atoms with Crippen LogP contribution in [0.25, 0.3) is 10.2 Å². The lowest BCUT2D eigenvalue weighted by Gasteiger charge is -2.33. The highest BCUT2D eigenvalue weighted by molar-refractivity contribution is 7.18. The zero-order chi connectivity index (χ0) is 31.6. The van der Waals surface area contributed by atoms with Crippen LogP contribution in [0, 0.1) is 5.92 Å². The van der Waals surface area contributed by atoms with Gasteiger partial charge in [0, 0.05) is 76.9 Å². The number of thiazole rings is 1. The number of nitrogens with one attached hydrogen (secondary N) is 3. The molecule has 1 aromatic heterocycles. The lowest BCUT2D eigenvalue weighted by Crippen LogP contribution is -2.55. The third kappa shape index (κ3) is 9.82. The van der Waals surface area contributed by atoms with E-state index in [4.69, 9.17) is 9.72 Å². The Morgan fingerprint density at radius 2 is 1.84 bits per heavy atom. The number of likely N-dealkylation sites (N-methyl/N-ethyl adjacent to an activating group) is 1. The molecule has 2 saturated heterocycles. The topological polar surface area (TPSA) is 116 Å². The van der Waals surface area contributed by atoms with Crippen molar-refractivity contribution in [3.63, 3.8) is 0 Å². The second-order valence-corrected chi connectivity index (χ2v) is 13.6. The number of rotatable bonds is 14. The minimum atomic E-state index is -0.774. The van der Waals surface area contributed by atoms with E-state index in [2.05, 4.69) is 65.4 Å². The Bertz CT molecular complexity index is 1280. The van der Waals surface area contributed by atoms with Crippen LogP contribution in [0.2, 0.25) is 0 Å². The van der Waals surface area contributed by atoms with Crippen molar-refractivity contribution in [2.24, 2.45) is 5.92 Å². The Morgan fingerprint density at radius 3 is 2.52 bits per heavy atom. The Labute approximate surface area is 266 Å². The first-order chi connectivity index (χ1) is 21.1. The molecule has 0 radical (unpaired) electrons. The average molecular weight is 627 g/mol. The van der Waals surface area contributed by atoms with Crippen molar-refractivity contribution >= 4 is 39.3 Å². The van der Waals surface area contributed by atoms with Gasteiger partial charge in [0.25, 0.3) is 0 Å². The average Bonchev–Trinajstić information content (AvgIpc) is 3.42. The van der Waals surface area contributed by atoms with Gasteiger partial charge in [-0.3, -0.25) is 19.3 Å². The molecule has 44 heavy (non-hydrogen) atoms. The highest BCUT2D eigenvalue weighted by Crippen LogP contribution is 2.27. The molecular formula is C33H50N6O4S. The lowest BCUT2D eigenvalue weighted by molar-refractivity contribution is -0.130. The molecule has 2 atom stereocenters. The van der Waals surface area contributed by atoms with Gasteiger partial charge < -0.3 is 25.6 Å². The molecule has 3 heterocycles. The number of ether oxygens (including phenoxy) is 1. The quantitative estimate of drug-likeness (QED) is 0.276. The Kier molecular flexibility index (Phi) is 12.7. The molecule has 3 N–H and O–H groups in total. The van der Waals surface area contributed by atoms with Crippen molar-refractivity contribution in [2.45, 2.75) is 70.9 Å². The Balaban J connectivity index is 1.44. The van der Waals surface area contributed by atoms with Gasteiger partial charge in [0.2, 0.25) is 17.7 Å². The molecule has 2 aromatic rings. The summed E-state index contributed by atoms with van der Waals surface area (Å²) in [5.74, 6) is -0.0741.